The second-order valence-corrected chi connectivity index (χ2v) is 6.09. The third-order valence-corrected chi connectivity index (χ3v) is 4.40. The summed E-state index contributed by atoms with van der Waals surface area (Å²) < 4.78 is 0. The van der Waals surface area contributed by atoms with Crippen LogP contribution in [0.1, 0.15) is 26.7 Å². The predicted octanol–water partition coefficient (Wildman–Crippen LogP) is -1.47. The minimum Gasteiger partial charge on any atom is -0.480 e. The van der Waals surface area contributed by atoms with Gasteiger partial charge in [-0.1, -0.05) is 13.8 Å². The Morgan fingerprint density at radius 3 is 1.87 bits per heavy atom. The van der Waals surface area contributed by atoms with Gasteiger partial charge in [-0.25, -0.2) is 0 Å². The van der Waals surface area contributed by atoms with Crippen LogP contribution in [-0.2, 0) is 19.2 Å². The van der Waals surface area contributed by atoms with Crippen molar-refractivity contribution in [2.75, 3.05) is 73.6 Å². The van der Waals surface area contributed by atoms with E-state index >= 15 is 0 Å². The molecule has 1 aliphatic rings. The summed E-state index contributed by atoms with van der Waals surface area (Å²) in [6, 6.07) is -0.403. The minimum absolute atomic E-state index is 0.0766. The first-order valence-electron chi connectivity index (χ1n) is 10.4. The van der Waals surface area contributed by atoms with Gasteiger partial charge in [0.1, 0.15) is 12.6 Å². The van der Waals surface area contributed by atoms with E-state index in [2.05, 4.69) is 5.32 Å². The maximum absolute atomic E-state index is 11.5. The first-order valence-corrected chi connectivity index (χ1v) is 10.4. The molecule has 0 aromatic heterocycles. The topological polar surface area (TPSA) is 151 Å². The van der Waals surface area contributed by atoms with Crippen molar-refractivity contribution in [2.45, 2.75) is 32.7 Å². The third kappa shape index (κ3) is 17.5. The number of carbonyl (C=O) groups is 4. The fourth-order valence-corrected chi connectivity index (χ4v) is 2.87. The van der Waals surface area contributed by atoms with Gasteiger partial charge < -0.3 is 30.2 Å². The number of aliphatic hydroxyl groups is 2. The SMILES string of the molecule is CC.CNC(=O)CCC(C=O)N1CCN(CC=O)CCN(CC(=O)O)CC1.CO.CO. The highest BCUT2D eigenvalue weighted by Gasteiger charge is 2.23. The van der Waals surface area contributed by atoms with Crippen molar-refractivity contribution in [1.82, 2.24) is 20.0 Å². The molecule has 1 atom stereocenters. The first-order chi connectivity index (χ1) is 15.0. The standard InChI is InChI=1S/C16H28N4O5.C2H6.2CH4O/c1-17-15(23)3-2-14(13-22)20-8-6-18(10-11-21)4-5-19(7-9-20)12-16(24)25;3*1-2/h11,13-14H,2-10,12H2,1H3,(H,17,23)(H,24,25);1-2H3;2*2H,1H3. The van der Waals surface area contributed by atoms with E-state index in [-0.39, 0.29) is 25.4 Å². The summed E-state index contributed by atoms with van der Waals surface area (Å²) in [5.41, 5.74) is 0. The summed E-state index contributed by atoms with van der Waals surface area (Å²) in [7, 11) is 3.56. The van der Waals surface area contributed by atoms with Gasteiger partial charge in [-0.15, -0.1) is 0 Å². The Kier molecular flexibility index (Phi) is 26.5. The molecule has 0 aliphatic carbocycles. The lowest BCUT2D eigenvalue weighted by Crippen LogP contribution is -2.44. The van der Waals surface area contributed by atoms with E-state index in [1.54, 1.807) is 11.9 Å². The molecule has 0 spiro atoms. The van der Waals surface area contributed by atoms with Crippen LogP contribution in [-0.4, -0.2) is 134 Å². The van der Waals surface area contributed by atoms with Crippen molar-refractivity contribution in [3.05, 3.63) is 0 Å². The van der Waals surface area contributed by atoms with Gasteiger partial charge in [-0.05, 0) is 6.42 Å². The number of hydrogen-bond acceptors (Lipinski definition) is 9. The molecule has 1 unspecified atom stereocenters. The largest absolute Gasteiger partial charge is 0.480 e. The summed E-state index contributed by atoms with van der Waals surface area (Å²) in [5.74, 6) is -1.02. The molecular weight excluding hydrogens is 408 g/mol. The summed E-state index contributed by atoms with van der Waals surface area (Å²) in [4.78, 5) is 50.5. The van der Waals surface area contributed by atoms with Crippen LogP contribution in [0.15, 0.2) is 0 Å². The van der Waals surface area contributed by atoms with Crippen molar-refractivity contribution in [2.24, 2.45) is 0 Å². The van der Waals surface area contributed by atoms with Gasteiger partial charge in [-0.3, -0.25) is 24.3 Å². The summed E-state index contributed by atoms with van der Waals surface area (Å²) in [6.45, 7) is 7.62. The zero-order valence-electron chi connectivity index (χ0n) is 19.6. The van der Waals surface area contributed by atoms with E-state index in [1.165, 1.54) is 0 Å². The van der Waals surface area contributed by atoms with Crippen molar-refractivity contribution < 1.29 is 34.5 Å². The molecule has 1 heterocycles. The van der Waals surface area contributed by atoms with Crippen molar-refractivity contribution in [1.29, 1.82) is 0 Å². The van der Waals surface area contributed by atoms with Gasteiger partial charge in [0.05, 0.1) is 19.1 Å². The van der Waals surface area contributed by atoms with Crippen LogP contribution in [0.3, 0.4) is 0 Å². The minimum atomic E-state index is -0.903. The fourth-order valence-electron chi connectivity index (χ4n) is 2.87. The van der Waals surface area contributed by atoms with E-state index < -0.39 is 12.0 Å². The highest BCUT2D eigenvalue weighted by molar-refractivity contribution is 5.76. The first kappa shape index (κ1) is 33.7. The second kappa shape index (κ2) is 24.4. The normalized spacial score (nSPS) is 16.1. The number of carboxylic acids is 1. The Labute approximate surface area is 186 Å². The zero-order valence-corrected chi connectivity index (χ0v) is 19.6. The molecule has 31 heavy (non-hydrogen) atoms. The number of carboxylic acid groups (broad SMARTS) is 1. The van der Waals surface area contributed by atoms with Crippen molar-refractivity contribution in [3.63, 3.8) is 0 Å². The van der Waals surface area contributed by atoms with Gasteiger partial charge in [-0.2, -0.15) is 0 Å². The quantitative estimate of drug-likeness (QED) is 0.306. The Bertz CT molecular complexity index is 467. The lowest BCUT2D eigenvalue weighted by molar-refractivity contribution is -0.138. The molecule has 1 saturated heterocycles. The van der Waals surface area contributed by atoms with Gasteiger partial charge in [0.25, 0.3) is 0 Å². The zero-order chi connectivity index (χ0) is 24.7. The van der Waals surface area contributed by atoms with Crippen molar-refractivity contribution in [3.8, 4) is 0 Å². The van der Waals surface area contributed by atoms with Gasteiger partial charge in [0.15, 0.2) is 0 Å². The molecule has 0 aromatic rings. The maximum atomic E-state index is 11.5. The summed E-state index contributed by atoms with van der Waals surface area (Å²) in [6.07, 6.45) is 2.34. The number of rotatable bonds is 9. The molecule has 0 aromatic carbocycles. The molecular formula is C20H42N4O7. The predicted molar refractivity (Wildman–Crippen MR) is 119 cm³/mol. The molecule has 1 rings (SSSR count). The van der Waals surface area contributed by atoms with Crippen LogP contribution in [0.2, 0.25) is 0 Å². The highest BCUT2D eigenvalue weighted by Crippen LogP contribution is 2.08. The Balaban J connectivity index is -0.00000120. The van der Waals surface area contributed by atoms with E-state index in [0.717, 1.165) is 26.8 Å². The fraction of sp³-hybridized carbons (Fsp3) is 0.800. The number of hydrogen-bond donors (Lipinski definition) is 4. The number of amides is 1. The van der Waals surface area contributed by atoms with Crippen LogP contribution >= 0.6 is 0 Å². The molecule has 184 valence electrons. The van der Waals surface area contributed by atoms with Crippen LogP contribution < -0.4 is 5.32 Å². The molecule has 0 saturated carbocycles. The number of carbonyl (C=O) groups excluding carboxylic acids is 3. The number of aliphatic hydroxyl groups excluding tert-OH is 2. The highest BCUT2D eigenvalue weighted by atomic mass is 16.4. The monoisotopic (exact) mass is 450 g/mol. The average molecular weight is 451 g/mol. The third-order valence-electron chi connectivity index (χ3n) is 4.40. The number of aliphatic carboxylic acids is 1. The van der Waals surface area contributed by atoms with Crippen molar-refractivity contribution >= 4 is 24.4 Å². The number of aldehydes is 2. The van der Waals surface area contributed by atoms with E-state index in [0.29, 0.717) is 45.7 Å². The second-order valence-electron chi connectivity index (χ2n) is 6.09. The molecule has 11 heteroatoms. The Hall–Kier alpha value is -1.92. The average Bonchev–Trinajstić information content (AvgIpc) is 2.90. The van der Waals surface area contributed by atoms with Crippen LogP contribution in [0.4, 0.5) is 0 Å². The molecule has 4 N–H and O–H groups in total. The molecule has 1 fully saturated rings. The van der Waals surface area contributed by atoms with E-state index in [9.17, 15) is 19.2 Å². The van der Waals surface area contributed by atoms with E-state index in [1.807, 2.05) is 23.6 Å². The van der Waals surface area contributed by atoms with Gasteiger partial charge in [0.2, 0.25) is 5.91 Å². The van der Waals surface area contributed by atoms with Gasteiger partial charge >= 0.3 is 5.97 Å². The molecule has 0 radical (unpaired) electrons. The van der Waals surface area contributed by atoms with Crippen LogP contribution in [0.5, 0.6) is 0 Å². The molecule has 0 bridgehead atoms. The lowest BCUT2D eigenvalue weighted by atomic mass is 10.1. The maximum Gasteiger partial charge on any atom is 0.317 e. The number of nitrogens with one attached hydrogen (secondary N) is 1. The summed E-state index contributed by atoms with van der Waals surface area (Å²) in [5, 5.41) is 25.6. The smallest absolute Gasteiger partial charge is 0.317 e. The van der Waals surface area contributed by atoms with Crippen LogP contribution in [0, 0.1) is 0 Å². The molecule has 1 amide bonds. The Morgan fingerprint density at radius 2 is 1.42 bits per heavy atom. The summed E-state index contributed by atoms with van der Waals surface area (Å²) >= 11 is 0. The van der Waals surface area contributed by atoms with Crippen LogP contribution in [0.25, 0.3) is 0 Å². The Morgan fingerprint density at radius 1 is 0.935 bits per heavy atom. The lowest BCUT2D eigenvalue weighted by Gasteiger charge is -2.29. The molecule has 1 aliphatic heterocycles. The molecule has 11 nitrogen and oxygen atoms in total. The van der Waals surface area contributed by atoms with Gasteiger partial charge in [0, 0.05) is 67.0 Å². The number of nitrogens with zero attached hydrogens (tertiary/aromatic N) is 3. The van der Waals surface area contributed by atoms with E-state index in [4.69, 9.17) is 15.3 Å².